The Hall–Kier alpha value is -3.12. The molecule has 31 heavy (non-hydrogen) atoms. The van der Waals surface area contributed by atoms with Crippen LogP contribution in [0.25, 0.3) is 6.08 Å². The number of hydrogen-bond acceptors (Lipinski definition) is 4. The molecule has 1 fully saturated rings. The largest absolute Gasteiger partial charge is 0.368 e. The van der Waals surface area contributed by atoms with Crippen molar-refractivity contribution in [1.29, 1.82) is 0 Å². The van der Waals surface area contributed by atoms with Crippen molar-refractivity contribution >= 4 is 29.3 Å². The Morgan fingerprint density at radius 2 is 1.71 bits per heavy atom. The molecule has 6 nitrogen and oxygen atoms in total. The van der Waals surface area contributed by atoms with E-state index < -0.39 is 0 Å². The fraction of sp³-hybridized carbons (Fsp3) is 0.292. The Morgan fingerprint density at radius 1 is 1.03 bits per heavy atom. The topological polar surface area (TPSA) is 54.3 Å². The molecule has 0 saturated carbocycles. The fourth-order valence-corrected chi connectivity index (χ4v) is 4.02. The smallest absolute Gasteiger partial charge is 0.246 e. The van der Waals surface area contributed by atoms with E-state index in [1.54, 1.807) is 29.2 Å². The highest BCUT2D eigenvalue weighted by Gasteiger charge is 2.20. The lowest BCUT2D eigenvalue weighted by molar-refractivity contribution is -0.126. The highest BCUT2D eigenvalue weighted by Crippen LogP contribution is 2.23. The van der Waals surface area contributed by atoms with E-state index in [0.29, 0.717) is 24.8 Å². The number of benzene rings is 1. The lowest BCUT2D eigenvalue weighted by Crippen LogP contribution is -2.48. The Balaban J connectivity index is 1.39. The van der Waals surface area contributed by atoms with E-state index in [1.807, 2.05) is 24.0 Å². The number of halogens is 1. The number of carbonyl (C=O) groups is 1. The summed E-state index contributed by atoms with van der Waals surface area (Å²) in [6.07, 6.45) is 6.98. The second-order valence-corrected chi connectivity index (χ2v) is 8.14. The zero-order valence-corrected chi connectivity index (χ0v) is 18.6. The number of hydrogen-bond donors (Lipinski definition) is 0. The van der Waals surface area contributed by atoms with Crippen molar-refractivity contribution < 1.29 is 4.79 Å². The SMILES string of the molecule is Cc1ccc(Cn2nc(C)c(/C=C/C(=O)N3CCN(c4ccncc4)CC3)c2Cl)cc1. The maximum Gasteiger partial charge on any atom is 0.246 e. The van der Waals surface area contributed by atoms with Crippen LogP contribution in [0.4, 0.5) is 5.69 Å². The third-order valence-electron chi connectivity index (χ3n) is 5.57. The van der Waals surface area contributed by atoms with Crippen molar-refractivity contribution in [3.8, 4) is 0 Å². The van der Waals surface area contributed by atoms with Gasteiger partial charge in [-0.2, -0.15) is 5.10 Å². The first-order valence-electron chi connectivity index (χ1n) is 10.4. The molecule has 3 heterocycles. The highest BCUT2D eigenvalue weighted by atomic mass is 35.5. The molecule has 0 N–H and O–H groups in total. The molecule has 0 radical (unpaired) electrons. The van der Waals surface area contributed by atoms with Gasteiger partial charge in [0.05, 0.1) is 12.2 Å². The fourth-order valence-electron chi connectivity index (χ4n) is 3.73. The predicted molar refractivity (Wildman–Crippen MR) is 124 cm³/mol. The van der Waals surface area contributed by atoms with Crippen LogP contribution >= 0.6 is 11.6 Å². The molecular weight excluding hydrogens is 410 g/mol. The van der Waals surface area contributed by atoms with Crippen molar-refractivity contribution in [2.45, 2.75) is 20.4 Å². The van der Waals surface area contributed by atoms with Gasteiger partial charge in [-0.05, 0) is 37.6 Å². The number of anilines is 1. The quantitative estimate of drug-likeness (QED) is 0.569. The van der Waals surface area contributed by atoms with E-state index in [-0.39, 0.29) is 5.91 Å². The Kier molecular flexibility index (Phi) is 6.37. The first-order valence-corrected chi connectivity index (χ1v) is 10.8. The van der Waals surface area contributed by atoms with Gasteiger partial charge in [0.25, 0.3) is 0 Å². The van der Waals surface area contributed by atoms with E-state index >= 15 is 0 Å². The maximum atomic E-state index is 12.7. The molecule has 3 aromatic rings. The molecule has 2 aromatic heterocycles. The summed E-state index contributed by atoms with van der Waals surface area (Å²) in [5, 5.41) is 5.10. The molecule has 7 heteroatoms. The standard InChI is InChI=1S/C24H26ClN5O/c1-18-3-5-20(6-4-18)17-30-24(25)22(19(2)27-30)7-8-23(31)29-15-13-28(14-16-29)21-9-11-26-12-10-21/h3-12H,13-17H2,1-2H3/b8-7+. The van der Waals surface area contributed by atoms with Crippen LogP contribution in [0.15, 0.2) is 54.9 Å². The molecule has 160 valence electrons. The minimum atomic E-state index is -0.00358. The Bertz CT molecular complexity index is 1070. The van der Waals surface area contributed by atoms with Crippen LogP contribution < -0.4 is 4.90 Å². The van der Waals surface area contributed by atoms with E-state index in [1.165, 1.54) is 5.56 Å². The summed E-state index contributed by atoms with van der Waals surface area (Å²) in [5.41, 5.74) is 5.09. The van der Waals surface area contributed by atoms with Gasteiger partial charge in [0.15, 0.2) is 0 Å². The summed E-state index contributed by atoms with van der Waals surface area (Å²) in [6.45, 7) is 7.55. The van der Waals surface area contributed by atoms with E-state index in [4.69, 9.17) is 11.6 Å². The monoisotopic (exact) mass is 435 g/mol. The van der Waals surface area contributed by atoms with Crippen LogP contribution in [0.2, 0.25) is 5.15 Å². The third-order valence-corrected chi connectivity index (χ3v) is 5.97. The van der Waals surface area contributed by atoms with Crippen LogP contribution in [0.5, 0.6) is 0 Å². The number of pyridine rings is 1. The molecule has 0 aliphatic carbocycles. The summed E-state index contributed by atoms with van der Waals surface area (Å²) >= 11 is 6.58. The molecule has 1 aromatic carbocycles. The number of aryl methyl sites for hydroxylation is 2. The van der Waals surface area contributed by atoms with Gasteiger partial charge in [-0.3, -0.25) is 9.78 Å². The zero-order valence-electron chi connectivity index (χ0n) is 17.8. The van der Waals surface area contributed by atoms with Gasteiger partial charge in [0.2, 0.25) is 5.91 Å². The summed E-state index contributed by atoms with van der Waals surface area (Å²) in [5.74, 6) is -0.00358. The Labute approximate surface area is 187 Å². The van der Waals surface area contributed by atoms with Gasteiger partial charge >= 0.3 is 0 Å². The van der Waals surface area contributed by atoms with Crippen molar-refractivity contribution in [3.05, 3.63) is 82.4 Å². The van der Waals surface area contributed by atoms with Crippen molar-refractivity contribution in [3.63, 3.8) is 0 Å². The normalized spacial score (nSPS) is 14.4. The lowest BCUT2D eigenvalue weighted by Gasteiger charge is -2.35. The minimum Gasteiger partial charge on any atom is -0.368 e. The number of rotatable bonds is 5. The van der Waals surface area contributed by atoms with Crippen LogP contribution in [-0.4, -0.2) is 51.8 Å². The average molecular weight is 436 g/mol. The van der Waals surface area contributed by atoms with Gasteiger partial charge in [0, 0.05) is 55.9 Å². The maximum absolute atomic E-state index is 12.7. The average Bonchev–Trinajstić information content (AvgIpc) is 3.06. The molecule has 1 saturated heterocycles. The van der Waals surface area contributed by atoms with Crippen LogP contribution in [0.1, 0.15) is 22.4 Å². The van der Waals surface area contributed by atoms with Gasteiger partial charge in [-0.25, -0.2) is 4.68 Å². The number of piperazine rings is 1. The van der Waals surface area contributed by atoms with E-state index in [2.05, 4.69) is 46.2 Å². The van der Waals surface area contributed by atoms with E-state index in [9.17, 15) is 4.79 Å². The lowest BCUT2D eigenvalue weighted by atomic mass is 10.1. The first kappa shape index (κ1) is 21.1. The van der Waals surface area contributed by atoms with Crippen LogP contribution in [0, 0.1) is 13.8 Å². The number of nitrogens with zero attached hydrogens (tertiary/aromatic N) is 5. The summed E-state index contributed by atoms with van der Waals surface area (Å²) < 4.78 is 1.78. The molecular formula is C24H26ClN5O. The van der Waals surface area contributed by atoms with Gasteiger partial charge in [-0.1, -0.05) is 41.4 Å². The molecule has 1 aliphatic heterocycles. The van der Waals surface area contributed by atoms with Crippen molar-refractivity contribution in [1.82, 2.24) is 19.7 Å². The highest BCUT2D eigenvalue weighted by molar-refractivity contribution is 6.31. The summed E-state index contributed by atoms with van der Waals surface area (Å²) in [7, 11) is 0. The number of amides is 1. The van der Waals surface area contributed by atoms with Gasteiger partial charge < -0.3 is 9.80 Å². The first-order chi connectivity index (χ1) is 15.0. The predicted octanol–water partition coefficient (Wildman–Crippen LogP) is 3.96. The van der Waals surface area contributed by atoms with Gasteiger partial charge in [-0.15, -0.1) is 0 Å². The third kappa shape index (κ3) is 4.97. The molecule has 4 rings (SSSR count). The number of aromatic nitrogens is 3. The molecule has 1 aliphatic rings. The second-order valence-electron chi connectivity index (χ2n) is 7.78. The molecule has 0 atom stereocenters. The minimum absolute atomic E-state index is 0.00358. The molecule has 0 unspecified atom stereocenters. The van der Waals surface area contributed by atoms with Crippen LogP contribution in [-0.2, 0) is 11.3 Å². The van der Waals surface area contributed by atoms with Crippen molar-refractivity contribution in [2.75, 3.05) is 31.1 Å². The van der Waals surface area contributed by atoms with Crippen molar-refractivity contribution in [2.24, 2.45) is 0 Å². The van der Waals surface area contributed by atoms with Crippen LogP contribution in [0.3, 0.4) is 0 Å². The second kappa shape index (κ2) is 9.35. The molecule has 0 bridgehead atoms. The van der Waals surface area contributed by atoms with Gasteiger partial charge in [0.1, 0.15) is 5.15 Å². The zero-order chi connectivity index (χ0) is 21.8. The summed E-state index contributed by atoms with van der Waals surface area (Å²) in [4.78, 5) is 20.9. The summed E-state index contributed by atoms with van der Waals surface area (Å²) in [6, 6.07) is 12.3. The molecule has 1 amide bonds. The van der Waals surface area contributed by atoms with E-state index in [0.717, 1.165) is 35.6 Å². The number of carbonyl (C=O) groups excluding carboxylic acids is 1. The Morgan fingerprint density at radius 3 is 2.39 bits per heavy atom. The molecule has 0 spiro atoms.